The summed E-state index contributed by atoms with van der Waals surface area (Å²) in [7, 11) is 0. The molecular weight excluding hydrogens is 470 g/mol. The fourth-order valence-electron chi connectivity index (χ4n) is 5.18. The molecule has 0 spiro atoms. The molecule has 3 aromatic rings. The van der Waals surface area contributed by atoms with Crippen LogP contribution >= 0.6 is 0 Å². The maximum atomic E-state index is 12.8. The number of carbonyl (C=O) groups excluding carboxylic acids is 1. The van der Waals surface area contributed by atoms with E-state index in [0.717, 1.165) is 63.3 Å². The highest BCUT2D eigenvalue weighted by Crippen LogP contribution is 2.24. The van der Waals surface area contributed by atoms with Gasteiger partial charge in [-0.3, -0.25) is 4.79 Å². The predicted octanol–water partition coefficient (Wildman–Crippen LogP) is 3.62. The highest BCUT2D eigenvalue weighted by molar-refractivity contribution is 5.97. The van der Waals surface area contributed by atoms with E-state index in [0.29, 0.717) is 35.9 Å². The van der Waals surface area contributed by atoms with Crippen molar-refractivity contribution in [3.8, 4) is 11.5 Å². The summed E-state index contributed by atoms with van der Waals surface area (Å²) in [6, 6.07) is 10.2. The van der Waals surface area contributed by atoms with Gasteiger partial charge in [-0.05, 0) is 80.8 Å². The molecule has 5 rings (SSSR count). The van der Waals surface area contributed by atoms with Crippen molar-refractivity contribution >= 4 is 17.7 Å². The monoisotopic (exact) mass is 503 g/mol. The molecule has 0 saturated carbocycles. The minimum absolute atomic E-state index is 0.352. The van der Waals surface area contributed by atoms with Crippen molar-refractivity contribution in [2.24, 2.45) is 5.92 Å². The maximum Gasteiger partial charge on any atom is 0.326 e. The summed E-state index contributed by atoms with van der Waals surface area (Å²) in [6.07, 6.45) is 8.73. The molecule has 0 aliphatic carbocycles. The Balaban J connectivity index is 1.09. The van der Waals surface area contributed by atoms with Crippen LogP contribution in [0.3, 0.4) is 0 Å². The summed E-state index contributed by atoms with van der Waals surface area (Å²) in [6.45, 7) is 3.52. The first-order valence-electron chi connectivity index (χ1n) is 13.0. The second kappa shape index (κ2) is 11.6. The second-order valence-electron chi connectivity index (χ2n) is 9.91. The summed E-state index contributed by atoms with van der Waals surface area (Å²) in [5.74, 6) is 0.573. The topological polar surface area (TPSA) is 121 Å². The number of nitrogens with zero attached hydrogens (tertiary/aromatic N) is 3. The zero-order valence-corrected chi connectivity index (χ0v) is 20.9. The minimum atomic E-state index is -1.03. The van der Waals surface area contributed by atoms with Crippen molar-refractivity contribution in [1.82, 2.24) is 20.2 Å². The zero-order chi connectivity index (χ0) is 25.6. The lowest BCUT2D eigenvalue weighted by Gasteiger charge is -2.20. The Bertz CT molecular complexity index is 1230. The van der Waals surface area contributed by atoms with Gasteiger partial charge in [-0.25, -0.2) is 14.8 Å². The molecule has 2 aliphatic rings. The Morgan fingerprint density at radius 1 is 1.27 bits per heavy atom. The molecule has 0 bridgehead atoms. The zero-order valence-electron chi connectivity index (χ0n) is 20.9. The Morgan fingerprint density at radius 3 is 3.03 bits per heavy atom. The fourth-order valence-corrected chi connectivity index (χ4v) is 5.18. The number of fused-ring (bicyclic) bond motifs is 1. The van der Waals surface area contributed by atoms with Crippen LogP contribution in [0.15, 0.2) is 53.3 Å². The number of rotatable bonds is 10. The van der Waals surface area contributed by atoms with E-state index in [4.69, 9.17) is 9.40 Å². The van der Waals surface area contributed by atoms with Crippen LogP contribution in [0.4, 0.5) is 5.82 Å². The molecule has 2 aliphatic heterocycles. The molecule has 1 fully saturated rings. The number of carboxylic acids is 1. The van der Waals surface area contributed by atoms with Gasteiger partial charge in [-0.1, -0.05) is 12.1 Å². The van der Waals surface area contributed by atoms with Crippen molar-refractivity contribution in [1.29, 1.82) is 0 Å². The molecular formula is C28H33N5O4. The van der Waals surface area contributed by atoms with Crippen molar-refractivity contribution < 1.29 is 19.1 Å². The lowest BCUT2D eigenvalue weighted by Crippen LogP contribution is -2.43. The predicted molar refractivity (Wildman–Crippen MR) is 139 cm³/mol. The normalized spacial score (nSPS) is 18.1. The lowest BCUT2D eigenvalue weighted by atomic mass is 10.00. The molecule has 2 atom stereocenters. The molecule has 0 radical (unpaired) electrons. The number of benzene rings is 1. The average Bonchev–Trinajstić information content (AvgIpc) is 3.62. The first-order valence-corrected chi connectivity index (χ1v) is 13.0. The quantitative estimate of drug-likeness (QED) is 0.384. The Hall–Kier alpha value is -3.72. The Labute approximate surface area is 216 Å². The van der Waals surface area contributed by atoms with Crippen LogP contribution in [-0.2, 0) is 17.6 Å². The number of carbonyl (C=O) groups is 2. The van der Waals surface area contributed by atoms with Crippen molar-refractivity contribution in [2.75, 3.05) is 31.5 Å². The van der Waals surface area contributed by atoms with E-state index in [1.807, 2.05) is 0 Å². The van der Waals surface area contributed by atoms with E-state index >= 15 is 0 Å². The highest BCUT2D eigenvalue weighted by Gasteiger charge is 2.26. The number of pyridine rings is 1. The van der Waals surface area contributed by atoms with Gasteiger partial charge in [-0.2, -0.15) is 0 Å². The first kappa shape index (κ1) is 25.0. The van der Waals surface area contributed by atoms with E-state index in [1.54, 1.807) is 24.3 Å². The molecule has 2 unspecified atom stereocenters. The van der Waals surface area contributed by atoms with Crippen LogP contribution in [0.5, 0.6) is 0 Å². The van der Waals surface area contributed by atoms with E-state index in [-0.39, 0.29) is 0 Å². The third-order valence-corrected chi connectivity index (χ3v) is 7.27. The van der Waals surface area contributed by atoms with Gasteiger partial charge >= 0.3 is 5.97 Å². The van der Waals surface area contributed by atoms with Gasteiger partial charge in [0.1, 0.15) is 18.1 Å². The average molecular weight is 504 g/mol. The van der Waals surface area contributed by atoms with E-state index < -0.39 is 17.9 Å². The van der Waals surface area contributed by atoms with Crippen LogP contribution in [0.2, 0.25) is 0 Å². The molecule has 1 amide bonds. The molecule has 9 heteroatoms. The summed E-state index contributed by atoms with van der Waals surface area (Å²) in [4.78, 5) is 35.9. The number of hydrogen-bond acceptors (Lipinski definition) is 7. The number of aliphatic carboxylic acids is 1. The Morgan fingerprint density at radius 2 is 2.19 bits per heavy atom. The molecule has 37 heavy (non-hydrogen) atoms. The van der Waals surface area contributed by atoms with Gasteiger partial charge in [0.05, 0.1) is 6.20 Å². The van der Waals surface area contributed by atoms with E-state index in [2.05, 4.69) is 32.7 Å². The number of aryl methyl sites for hydroxylation is 2. The molecule has 2 aromatic heterocycles. The number of anilines is 1. The van der Waals surface area contributed by atoms with Crippen LogP contribution in [0.25, 0.3) is 11.5 Å². The second-order valence-corrected chi connectivity index (χ2v) is 9.91. The first-order chi connectivity index (χ1) is 18.0. The number of aromatic nitrogens is 2. The fraction of sp³-hybridized carbons (Fsp3) is 0.429. The highest BCUT2D eigenvalue weighted by atomic mass is 16.4. The molecule has 1 aromatic carbocycles. The largest absolute Gasteiger partial charge is 0.480 e. The van der Waals surface area contributed by atoms with Gasteiger partial charge in [0.2, 0.25) is 5.89 Å². The number of hydrogen-bond donors (Lipinski definition) is 3. The number of amides is 1. The van der Waals surface area contributed by atoms with Gasteiger partial charge in [-0.15, -0.1) is 0 Å². The van der Waals surface area contributed by atoms with E-state index in [1.165, 1.54) is 18.0 Å². The number of nitrogens with one attached hydrogen (secondary N) is 2. The standard InChI is InChI=1S/C28H33N5O4/c34-26(21-3-1-4-22(17-21)27-30-13-16-37-27)32-24(28(35)36)11-15-33-14-10-19(18-33)6-8-23-9-7-20-5-2-12-29-25(20)31-23/h1,3-4,7,9,13,16-17,19,24H,2,5-6,8,10-12,14-15,18H2,(H,29,31)(H,32,34)(H,35,36). The molecule has 4 heterocycles. The molecule has 3 N–H and O–H groups in total. The minimum Gasteiger partial charge on any atom is -0.480 e. The summed E-state index contributed by atoms with van der Waals surface area (Å²) in [5.41, 5.74) is 3.47. The van der Waals surface area contributed by atoms with Crippen molar-refractivity contribution in [2.45, 2.75) is 44.6 Å². The van der Waals surface area contributed by atoms with Gasteiger partial charge in [0.25, 0.3) is 5.91 Å². The third-order valence-electron chi connectivity index (χ3n) is 7.27. The maximum absolute atomic E-state index is 12.8. The summed E-state index contributed by atoms with van der Waals surface area (Å²) < 4.78 is 5.29. The van der Waals surface area contributed by atoms with E-state index in [9.17, 15) is 14.7 Å². The number of oxazole rings is 1. The smallest absolute Gasteiger partial charge is 0.326 e. The van der Waals surface area contributed by atoms with Crippen molar-refractivity contribution in [3.05, 3.63) is 65.7 Å². The Kier molecular flexibility index (Phi) is 7.79. The van der Waals surface area contributed by atoms with Crippen LogP contribution < -0.4 is 10.6 Å². The van der Waals surface area contributed by atoms with Crippen LogP contribution in [-0.4, -0.2) is 64.1 Å². The molecule has 1 saturated heterocycles. The third kappa shape index (κ3) is 6.35. The number of carboxylic acid groups (broad SMARTS) is 1. The number of likely N-dealkylation sites (tertiary alicyclic amines) is 1. The van der Waals surface area contributed by atoms with Crippen LogP contribution in [0, 0.1) is 5.92 Å². The van der Waals surface area contributed by atoms with Crippen molar-refractivity contribution in [3.63, 3.8) is 0 Å². The molecule has 194 valence electrons. The van der Waals surface area contributed by atoms with Gasteiger partial charge < -0.3 is 25.1 Å². The lowest BCUT2D eigenvalue weighted by molar-refractivity contribution is -0.139. The summed E-state index contributed by atoms with van der Waals surface area (Å²) >= 11 is 0. The molecule has 9 nitrogen and oxygen atoms in total. The summed E-state index contributed by atoms with van der Waals surface area (Å²) in [5, 5.41) is 15.8. The van der Waals surface area contributed by atoms with Gasteiger partial charge in [0.15, 0.2) is 0 Å². The van der Waals surface area contributed by atoms with Crippen LogP contribution in [0.1, 0.15) is 47.3 Å². The van der Waals surface area contributed by atoms with Gasteiger partial charge in [0, 0.05) is 36.5 Å². The SMILES string of the molecule is O=C(NC(CCN1CCC(CCc2ccc3c(n2)NCCC3)C1)C(=O)O)c1cccc(-c2ncco2)c1.